The summed E-state index contributed by atoms with van der Waals surface area (Å²) < 4.78 is 41.5. The number of carbonyl (C=O) groups is 2. The SMILES string of the molecule is CCCN(CC(=O)NCC(F)(F)F)CC(=O)Nc1ccccc1OC. The zero-order valence-electron chi connectivity index (χ0n) is 14.2. The fourth-order valence-electron chi connectivity index (χ4n) is 2.13. The molecule has 140 valence electrons. The van der Waals surface area contributed by atoms with Crippen molar-refractivity contribution in [3.05, 3.63) is 24.3 Å². The minimum Gasteiger partial charge on any atom is -0.495 e. The van der Waals surface area contributed by atoms with Crippen molar-refractivity contribution in [1.82, 2.24) is 10.2 Å². The van der Waals surface area contributed by atoms with Crippen LogP contribution in [0.4, 0.5) is 18.9 Å². The molecule has 0 unspecified atom stereocenters. The third-order valence-corrected chi connectivity index (χ3v) is 3.14. The highest BCUT2D eigenvalue weighted by molar-refractivity contribution is 5.94. The van der Waals surface area contributed by atoms with Gasteiger partial charge < -0.3 is 15.4 Å². The van der Waals surface area contributed by atoms with Gasteiger partial charge in [-0.3, -0.25) is 14.5 Å². The first-order valence-electron chi connectivity index (χ1n) is 7.73. The van der Waals surface area contributed by atoms with Gasteiger partial charge in [0.2, 0.25) is 11.8 Å². The van der Waals surface area contributed by atoms with Gasteiger partial charge in [-0.15, -0.1) is 0 Å². The first kappa shape index (κ1) is 20.8. The van der Waals surface area contributed by atoms with Crippen molar-refractivity contribution < 1.29 is 27.5 Å². The number of para-hydroxylation sites is 2. The molecule has 0 aliphatic carbocycles. The normalized spacial score (nSPS) is 11.3. The molecule has 1 aromatic rings. The summed E-state index contributed by atoms with van der Waals surface area (Å²) in [5, 5.41) is 4.46. The van der Waals surface area contributed by atoms with Gasteiger partial charge >= 0.3 is 6.18 Å². The van der Waals surface area contributed by atoms with E-state index >= 15 is 0 Å². The molecule has 1 rings (SSSR count). The molecular weight excluding hydrogens is 339 g/mol. The smallest absolute Gasteiger partial charge is 0.405 e. The summed E-state index contributed by atoms with van der Waals surface area (Å²) in [6.45, 7) is 0.450. The van der Waals surface area contributed by atoms with Crippen molar-refractivity contribution in [2.75, 3.05) is 38.6 Å². The highest BCUT2D eigenvalue weighted by atomic mass is 19.4. The fraction of sp³-hybridized carbons (Fsp3) is 0.500. The number of benzene rings is 1. The molecule has 0 spiro atoms. The lowest BCUT2D eigenvalue weighted by atomic mass is 10.3. The van der Waals surface area contributed by atoms with Crippen molar-refractivity contribution >= 4 is 17.5 Å². The Labute approximate surface area is 144 Å². The third kappa shape index (κ3) is 8.39. The molecule has 1 aromatic carbocycles. The molecule has 0 saturated heterocycles. The number of methoxy groups -OCH3 is 1. The minimum absolute atomic E-state index is 0.120. The number of hydrogen-bond donors (Lipinski definition) is 2. The van der Waals surface area contributed by atoms with Crippen LogP contribution in [0, 0.1) is 0 Å². The molecule has 0 bridgehead atoms. The largest absolute Gasteiger partial charge is 0.495 e. The average molecular weight is 361 g/mol. The van der Waals surface area contributed by atoms with Crippen LogP contribution in [0.25, 0.3) is 0 Å². The van der Waals surface area contributed by atoms with Gasteiger partial charge in [-0.05, 0) is 25.1 Å². The maximum Gasteiger partial charge on any atom is 0.405 e. The Morgan fingerprint density at radius 3 is 2.40 bits per heavy atom. The van der Waals surface area contributed by atoms with Crippen molar-refractivity contribution in [2.45, 2.75) is 19.5 Å². The van der Waals surface area contributed by atoms with Crippen LogP contribution >= 0.6 is 0 Å². The van der Waals surface area contributed by atoms with Crippen molar-refractivity contribution in [1.29, 1.82) is 0 Å². The monoisotopic (exact) mass is 361 g/mol. The minimum atomic E-state index is -4.47. The number of nitrogens with one attached hydrogen (secondary N) is 2. The first-order chi connectivity index (χ1) is 11.7. The number of rotatable bonds is 9. The predicted molar refractivity (Wildman–Crippen MR) is 87.4 cm³/mol. The van der Waals surface area contributed by atoms with Crippen molar-refractivity contribution in [3.63, 3.8) is 0 Å². The van der Waals surface area contributed by atoms with Crippen molar-refractivity contribution in [2.24, 2.45) is 0 Å². The van der Waals surface area contributed by atoms with Crippen LogP contribution in [0.2, 0.25) is 0 Å². The second-order valence-corrected chi connectivity index (χ2v) is 5.35. The molecular formula is C16H22F3N3O3. The number of carbonyl (C=O) groups excluding carboxylic acids is 2. The van der Waals surface area contributed by atoms with Crippen LogP contribution < -0.4 is 15.4 Å². The Bertz CT molecular complexity index is 579. The Balaban J connectivity index is 2.58. The van der Waals surface area contributed by atoms with Gasteiger partial charge in [0.25, 0.3) is 0 Å². The summed E-state index contributed by atoms with van der Waals surface area (Å²) in [7, 11) is 1.47. The van der Waals surface area contributed by atoms with E-state index in [9.17, 15) is 22.8 Å². The maximum absolute atomic E-state index is 12.1. The summed E-state index contributed by atoms with van der Waals surface area (Å²) >= 11 is 0. The molecule has 0 aromatic heterocycles. The third-order valence-electron chi connectivity index (χ3n) is 3.14. The number of nitrogens with zero attached hydrogens (tertiary/aromatic N) is 1. The molecule has 0 heterocycles. The van der Waals surface area contributed by atoms with Gasteiger partial charge in [0.1, 0.15) is 12.3 Å². The quantitative estimate of drug-likeness (QED) is 0.706. The van der Waals surface area contributed by atoms with E-state index in [1.807, 2.05) is 6.92 Å². The molecule has 0 radical (unpaired) electrons. The summed E-state index contributed by atoms with van der Waals surface area (Å²) in [5.74, 6) is -0.682. The zero-order valence-corrected chi connectivity index (χ0v) is 14.2. The standard InChI is InChI=1S/C16H22F3N3O3/c1-3-8-22(9-14(23)20-11-16(17,18)19)10-15(24)21-12-6-4-5-7-13(12)25-2/h4-7H,3,8-11H2,1-2H3,(H,20,23)(H,21,24). The summed E-state index contributed by atoms with van der Waals surface area (Å²) in [6, 6.07) is 6.83. The van der Waals surface area contributed by atoms with Crippen LogP contribution in [-0.4, -0.2) is 56.2 Å². The summed E-state index contributed by atoms with van der Waals surface area (Å²) in [5.41, 5.74) is 0.480. The highest BCUT2D eigenvalue weighted by Crippen LogP contribution is 2.22. The van der Waals surface area contributed by atoms with Gasteiger partial charge in [0.05, 0.1) is 25.9 Å². The summed E-state index contributed by atoms with van der Waals surface area (Å²) in [4.78, 5) is 25.2. The van der Waals surface area contributed by atoms with Crippen LogP contribution in [0.1, 0.15) is 13.3 Å². The van der Waals surface area contributed by atoms with Crippen molar-refractivity contribution in [3.8, 4) is 5.75 Å². The zero-order chi connectivity index (χ0) is 18.9. The molecule has 2 amide bonds. The van der Waals surface area contributed by atoms with E-state index < -0.39 is 18.6 Å². The Morgan fingerprint density at radius 1 is 1.16 bits per heavy atom. The van der Waals surface area contributed by atoms with Crippen LogP contribution in [0.15, 0.2) is 24.3 Å². The molecule has 0 aliphatic rings. The maximum atomic E-state index is 12.1. The topological polar surface area (TPSA) is 70.7 Å². The number of alkyl halides is 3. The number of halogens is 3. The molecule has 0 saturated carbocycles. The molecule has 9 heteroatoms. The van der Waals surface area contributed by atoms with E-state index in [1.165, 1.54) is 12.0 Å². The Kier molecular flexibility index (Phi) is 8.20. The van der Waals surface area contributed by atoms with E-state index in [2.05, 4.69) is 5.32 Å². The molecule has 0 aliphatic heterocycles. The summed E-state index contributed by atoms with van der Waals surface area (Å²) in [6.07, 6.45) is -3.82. The van der Waals surface area contributed by atoms with Gasteiger partial charge in [-0.25, -0.2) is 0 Å². The van der Waals surface area contributed by atoms with E-state index in [0.717, 1.165) is 0 Å². The van der Waals surface area contributed by atoms with Gasteiger partial charge in [0.15, 0.2) is 0 Å². The molecule has 25 heavy (non-hydrogen) atoms. The first-order valence-corrected chi connectivity index (χ1v) is 7.73. The van der Waals surface area contributed by atoms with Crippen LogP contribution in [-0.2, 0) is 9.59 Å². The average Bonchev–Trinajstić information content (AvgIpc) is 2.53. The lowest BCUT2D eigenvalue weighted by Gasteiger charge is -2.21. The van der Waals surface area contributed by atoms with Crippen LogP contribution in [0.3, 0.4) is 0 Å². The van der Waals surface area contributed by atoms with Gasteiger partial charge in [-0.2, -0.15) is 13.2 Å². The fourth-order valence-corrected chi connectivity index (χ4v) is 2.13. The predicted octanol–water partition coefficient (Wildman–Crippen LogP) is 2.02. The Hall–Kier alpha value is -2.29. The van der Waals surface area contributed by atoms with E-state index in [1.54, 1.807) is 29.6 Å². The highest BCUT2D eigenvalue weighted by Gasteiger charge is 2.28. The number of anilines is 1. The number of ether oxygens (including phenoxy) is 1. The number of amides is 2. The van der Waals surface area contributed by atoms with E-state index in [4.69, 9.17) is 4.74 Å². The molecule has 6 nitrogen and oxygen atoms in total. The Morgan fingerprint density at radius 2 is 1.80 bits per heavy atom. The van der Waals surface area contributed by atoms with E-state index in [-0.39, 0.29) is 19.0 Å². The van der Waals surface area contributed by atoms with E-state index in [0.29, 0.717) is 24.4 Å². The van der Waals surface area contributed by atoms with Gasteiger partial charge in [-0.1, -0.05) is 19.1 Å². The molecule has 0 atom stereocenters. The lowest BCUT2D eigenvalue weighted by Crippen LogP contribution is -2.43. The van der Waals surface area contributed by atoms with Gasteiger partial charge in [0, 0.05) is 0 Å². The second kappa shape index (κ2) is 9.87. The molecule has 2 N–H and O–H groups in total. The lowest BCUT2D eigenvalue weighted by molar-refractivity contribution is -0.139. The second-order valence-electron chi connectivity index (χ2n) is 5.35. The number of hydrogen-bond acceptors (Lipinski definition) is 4. The van der Waals surface area contributed by atoms with Crippen LogP contribution in [0.5, 0.6) is 5.75 Å². The molecule has 0 fully saturated rings.